The van der Waals surface area contributed by atoms with Gasteiger partial charge in [-0.15, -0.1) is 0 Å². The summed E-state index contributed by atoms with van der Waals surface area (Å²) in [4.78, 5) is 18.9. The van der Waals surface area contributed by atoms with Crippen LogP contribution in [0.3, 0.4) is 0 Å². The van der Waals surface area contributed by atoms with Gasteiger partial charge in [0.2, 0.25) is 11.8 Å². The van der Waals surface area contributed by atoms with Gasteiger partial charge < -0.3 is 9.32 Å². The second kappa shape index (κ2) is 6.78. The van der Waals surface area contributed by atoms with E-state index in [1.807, 2.05) is 41.8 Å². The van der Waals surface area contributed by atoms with Gasteiger partial charge in [-0.05, 0) is 18.9 Å². The molecule has 4 rings (SSSR count). The first kappa shape index (κ1) is 16.6. The van der Waals surface area contributed by atoms with Gasteiger partial charge in [0.25, 0.3) is 0 Å². The number of fused-ring (bicyclic) bond motifs is 1. The predicted molar refractivity (Wildman–Crippen MR) is 97.3 cm³/mol. The van der Waals surface area contributed by atoms with Gasteiger partial charge in [0.05, 0.1) is 6.20 Å². The zero-order valence-electron chi connectivity index (χ0n) is 15.1. The highest BCUT2D eigenvalue weighted by Gasteiger charge is 2.28. The highest BCUT2D eigenvalue weighted by Crippen LogP contribution is 2.29. The second-order valence-corrected chi connectivity index (χ2v) is 6.72. The zero-order valence-corrected chi connectivity index (χ0v) is 15.1. The van der Waals surface area contributed by atoms with Crippen molar-refractivity contribution in [2.24, 2.45) is 7.05 Å². The van der Waals surface area contributed by atoms with Gasteiger partial charge in [-0.2, -0.15) is 5.10 Å². The van der Waals surface area contributed by atoms with E-state index >= 15 is 0 Å². The fourth-order valence-corrected chi connectivity index (χ4v) is 3.50. The van der Waals surface area contributed by atoms with E-state index in [1.54, 1.807) is 6.20 Å². The van der Waals surface area contributed by atoms with Crippen molar-refractivity contribution in [2.45, 2.75) is 32.7 Å². The lowest BCUT2D eigenvalue weighted by Gasteiger charge is -2.27. The molecular weight excluding hydrogens is 328 g/mol. The average Bonchev–Trinajstić information content (AvgIpc) is 3.23. The lowest BCUT2D eigenvalue weighted by atomic mass is 10.0. The first-order valence-electron chi connectivity index (χ1n) is 8.91. The van der Waals surface area contributed by atoms with Crippen molar-refractivity contribution < 1.29 is 9.21 Å². The molecule has 6 nitrogen and oxygen atoms in total. The maximum absolute atomic E-state index is 12.7. The third-order valence-corrected chi connectivity index (χ3v) is 4.89. The van der Waals surface area contributed by atoms with Gasteiger partial charge in [-0.1, -0.05) is 30.3 Å². The van der Waals surface area contributed by atoms with Crippen LogP contribution in [0.2, 0.25) is 0 Å². The van der Waals surface area contributed by atoms with Gasteiger partial charge in [0.1, 0.15) is 5.76 Å². The molecule has 0 radical (unpaired) electrons. The molecular formula is C20H22N4O2. The van der Waals surface area contributed by atoms with Crippen molar-refractivity contribution in [3.8, 4) is 11.6 Å². The molecule has 0 saturated heterocycles. The van der Waals surface area contributed by atoms with Crippen LogP contribution in [-0.4, -0.2) is 32.1 Å². The van der Waals surface area contributed by atoms with E-state index in [2.05, 4.69) is 22.2 Å². The maximum atomic E-state index is 12.7. The van der Waals surface area contributed by atoms with Crippen molar-refractivity contribution in [2.75, 3.05) is 6.54 Å². The topological polar surface area (TPSA) is 64.2 Å². The van der Waals surface area contributed by atoms with Crippen LogP contribution in [0.1, 0.15) is 29.0 Å². The van der Waals surface area contributed by atoms with E-state index in [-0.39, 0.29) is 5.91 Å². The largest absolute Gasteiger partial charge is 0.440 e. The van der Waals surface area contributed by atoms with E-state index in [1.165, 1.54) is 5.56 Å². The number of carbonyl (C=O) groups excluding carboxylic acids is 1. The molecule has 1 aromatic carbocycles. The van der Waals surface area contributed by atoms with Crippen LogP contribution >= 0.6 is 0 Å². The van der Waals surface area contributed by atoms with Crippen molar-refractivity contribution in [3.05, 3.63) is 59.1 Å². The molecule has 3 aromatic rings. The Morgan fingerprint density at radius 3 is 2.81 bits per heavy atom. The maximum Gasteiger partial charge on any atom is 0.247 e. The van der Waals surface area contributed by atoms with Crippen LogP contribution in [0, 0.1) is 6.92 Å². The summed E-state index contributed by atoms with van der Waals surface area (Å²) in [5, 5.41) is 4.59. The van der Waals surface area contributed by atoms with E-state index in [4.69, 9.17) is 4.42 Å². The average molecular weight is 350 g/mol. The number of amides is 1. The van der Waals surface area contributed by atoms with Gasteiger partial charge >= 0.3 is 0 Å². The van der Waals surface area contributed by atoms with E-state index < -0.39 is 0 Å². The fraction of sp³-hybridized carbons (Fsp3) is 0.350. The number of benzene rings is 1. The Balaban J connectivity index is 1.51. The number of hydrogen-bond donors (Lipinski definition) is 0. The molecule has 1 aliphatic rings. The molecule has 26 heavy (non-hydrogen) atoms. The lowest BCUT2D eigenvalue weighted by Crippen LogP contribution is -2.36. The number of hydrogen-bond acceptors (Lipinski definition) is 4. The van der Waals surface area contributed by atoms with Crippen LogP contribution in [-0.2, 0) is 31.2 Å². The van der Waals surface area contributed by atoms with E-state index in [9.17, 15) is 4.79 Å². The van der Waals surface area contributed by atoms with Crippen molar-refractivity contribution in [3.63, 3.8) is 0 Å². The Hall–Kier alpha value is -2.89. The summed E-state index contributed by atoms with van der Waals surface area (Å²) in [6.07, 6.45) is 3.78. The summed E-state index contributed by atoms with van der Waals surface area (Å²) in [5.74, 6) is 1.46. The van der Waals surface area contributed by atoms with Crippen LogP contribution in [0.15, 0.2) is 40.9 Å². The van der Waals surface area contributed by atoms with Gasteiger partial charge in [0, 0.05) is 44.2 Å². The van der Waals surface area contributed by atoms with Crippen LogP contribution in [0.25, 0.3) is 11.6 Å². The molecule has 0 N–H and O–H groups in total. The highest BCUT2D eigenvalue weighted by atomic mass is 16.4. The monoisotopic (exact) mass is 350 g/mol. The highest BCUT2D eigenvalue weighted by molar-refractivity contribution is 5.77. The standard InChI is InChI=1S/C20H22N4O2/c1-14-12-21-20(26-14)19-16-13-24(11-10-17(16)23(2)22-19)18(25)9-8-15-6-4-3-5-7-15/h3-7,12H,8-11,13H2,1-2H3. The van der Waals surface area contributed by atoms with Crippen LogP contribution in [0.4, 0.5) is 0 Å². The Labute approximate surface area is 152 Å². The molecule has 3 heterocycles. The lowest BCUT2D eigenvalue weighted by molar-refractivity contribution is -0.132. The molecule has 0 saturated carbocycles. The number of aryl methyl sites for hydroxylation is 3. The quantitative estimate of drug-likeness (QED) is 0.726. The zero-order chi connectivity index (χ0) is 18.1. The smallest absolute Gasteiger partial charge is 0.247 e. The Morgan fingerprint density at radius 2 is 2.08 bits per heavy atom. The number of rotatable bonds is 4. The Morgan fingerprint density at radius 1 is 1.27 bits per heavy atom. The first-order chi connectivity index (χ1) is 12.6. The number of aromatic nitrogens is 3. The van der Waals surface area contributed by atoms with E-state index in [0.717, 1.165) is 42.1 Å². The molecule has 0 unspecified atom stereocenters. The fourth-order valence-electron chi connectivity index (χ4n) is 3.50. The first-order valence-corrected chi connectivity index (χ1v) is 8.91. The molecule has 0 aliphatic carbocycles. The van der Waals surface area contributed by atoms with Crippen molar-refractivity contribution >= 4 is 5.91 Å². The Bertz CT molecular complexity index is 927. The molecule has 1 amide bonds. The summed E-state index contributed by atoms with van der Waals surface area (Å²) in [6, 6.07) is 10.1. The van der Waals surface area contributed by atoms with Gasteiger partial charge in [-0.3, -0.25) is 9.48 Å². The van der Waals surface area contributed by atoms with Crippen molar-refractivity contribution in [1.29, 1.82) is 0 Å². The summed E-state index contributed by atoms with van der Waals surface area (Å²) in [6.45, 7) is 3.16. The van der Waals surface area contributed by atoms with Crippen LogP contribution in [0.5, 0.6) is 0 Å². The molecule has 1 aliphatic heterocycles. The summed E-state index contributed by atoms with van der Waals surface area (Å²) in [7, 11) is 1.94. The summed E-state index contributed by atoms with van der Waals surface area (Å²) in [5.41, 5.74) is 4.14. The normalized spacial score (nSPS) is 13.7. The van der Waals surface area contributed by atoms with Crippen molar-refractivity contribution in [1.82, 2.24) is 19.7 Å². The predicted octanol–water partition coefficient (Wildman–Crippen LogP) is 2.90. The summed E-state index contributed by atoms with van der Waals surface area (Å²) >= 11 is 0. The second-order valence-electron chi connectivity index (χ2n) is 6.72. The molecule has 0 bridgehead atoms. The molecule has 2 aromatic heterocycles. The Kier molecular flexibility index (Phi) is 4.32. The third kappa shape index (κ3) is 3.14. The minimum Gasteiger partial charge on any atom is -0.440 e. The molecule has 6 heteroatoms. The molecule has 0 fully saturated rings. The third-order valence-electron chi connectivity index (χ3n) is 4.89. The number of carbonyl (C=O) groups is 1. The minimum absolute atomic E-state index is 0.179. The minimum atomic E-state index is 0.179. The SMILES string of the molecule is Cc1cnc(-c2nn(C)c3c2CN(C(=O)CCc2ccccc2)CC3)o1. The van der Waals surface area contributed by atoms with Gasteiger partial charge in [-0.25, -0.2) is 4.98 Å². The van der Waals surface area contributed by atoms with E-state index in [0.29, 0.717) is 18.9 Å². The number of nitrogens with zero attached hydrogens (tertiary/aromatic N) is 4. The number of oxazole rings is 1. The molecule has 0 spiro atoms. The van der Waals surface area contributed by atoms with Gasteiger partial charge in [0.15, 0.2) is 5.69 Å². The summed E-state index contributed by atoms with van der Waals surface area (Å²) < 4.78 is 7.54. The van der Waals surface area contributed by atoms with Crippen LogP contribution < -0.4 is 0 Å². The molecule has 134 valence electrons. The molecule has 0 atom stereocenters.